The van der Waals surface area contributed by atoms with Crippen molar-refractivity contribution in [2.75, 3.05) is 33.2 Å². The molecule has 0 spiro atoms. The Labute approximate surface area is 99.8 Å². The van der Waals surface area contributed by atoms with E-state index in [1.165, 1.54) is 0 Å². The van der Waals surface area contributed by atoms with Crippen molar-refractivity contribution in [2.45, 2.75) is 40.2 Å². The van der Waals surface area contributed by atoms with E-state index in [0.717, 1.165) is 26.2 Å². The van der Waals surface area contributed by atoms with Crippen molar-refractivity contribution in [1.29, 1.82) is 0 Å². The van der Waals surface area contributed by atoms with Crippen molar-refractivity contribution in [2.24, 2.45) is 5.41 Å². The number of rotatable bonds is 3. The number of hydrogen-bond donors (Lipinski definition) is 0. The monoisotopic (exact) mass is 226 g/mol. The average Bonchev–Trinajstić information content (AvgIpc) is 2.18. The maximum absolute atomic E-state index is 11.8. The van der Waals surface area contributed by atoms with E-state index in [-0.39, 0.29) is 5.41 Å². The lowest BCUT2D eigenvalue weighted by molar-refractivity contribution is -0.126. The van der Waals surface area contributed by atoms with Gasteiger partial charge in [0.2, 0.25) is 0 Å². The molecule has 1 unspecified atom stereocenters. The minimum atomic E-state index is -0.182. The maximum atomic E-state index is 11.8. The first-order chi connectivity index (χ1) is 7.30. The van der Waals surface area contributed by atoms with Gasteiger partial charge in [-0.3, -0.25) is 4.79 Å². The zero-order valence-corrected chi connectivity index (χ0v) is 11.4. The van der Waals surface area contributed by atoms with E-state index in [4.69, 9.17) is 0 Å². The molecule has 16 heavy (non-hydrogen) atoms. The number of carbonyl (C=O) groups is 1. The van der Waals surface area contributed by atoms with Crippen molar-refractivity contribution in [3.8, 4) is 0 Å². The molecule has 1 aliphatic heterocycles. The van der Waals surface area contributed by atoms with Crippen molar-refractivity contribution >= 4 is 5.78 Å². The molecule has 1 aliphatic rings. The van der Waals surface area contributed by atoms with E-state index in [9.17, 15) is 4.79 Å². The minimum absolute atomic E-state index is 0.182. The molecule has 0 bridgehead atoms. The predicted octanol–water partition coefficient (Wildman–Crippen LogP) is 1.63. The van der Waals surface area contributed by atoms with E-state index in [1.54, 1.807) is 0 Å². The fraction of sp³-hybridized carbons (Fsp3) is 0.923. The van der Waals surface area contributed by atoms with Crippen LogP contribution in [0.3, 0.4) is 0 Å². The van der Waals surface area contributed by atoms with Gasteiger partial charge in [-0.25, -0.2) is 0 Å². The molecule has 0 radical (unpaired) electrons. The average molecular weight is 226 g/mol. The van der Waals surface area contributed by atoms with Gasteiger partial charge in [0.1, 0.15) is 5.78 Å². The Hall–Kier alpha value is -0.410. The number of hydrogen-bond acceptors (Lipinski definition) is 3. The molecule has 0 amide bonds. The van der Waals surface area contributed by atoms with Crippen LogP contribution in [-0.2, 0) is 4.79 Å². The summed E-state index contributed by atoms with van der Waals surface area (Å²) in [7, 11) is 2.17. The van der Waals surface area contributed by atoms with Crippen molar-refractivity contribution in [1.82, 2.24) is 9.80 Å². The summed E-state index contributed by atoms with van der Waals surface area (Å²) in [6, 6.07) is 0.610. The number of Topliss-reactive ketones (excluding diaryl/α,β-unsaturated/α-hetero) is 1. The molecule has 0 aliphatic carbocycles. The van der Waals surface area contributed by atoms with Crippen molar-refractivity contribution < 1.29 is 4.79 Å². The number of nitrogens with zero attached hydrogens (tertiary/aromatic N) is 2. The van der Waals surface area contributed by atoms with Gasteiger partial charge >= 0.3 is 0 Å². The highest BCUT2D eigenvalue weighted by Crippen LogP contribution is 2.17. The van der Waals surface area contributed by atoms with Crippen LogP contribution in [0.4, 0.5) is 0 Å². The van der Waals surface area contributed by atoms with Gasteiger partial charge in [-0.15, -0.1) is 0 Å². The Morgan fingerprint density at radius 3 is 2.44 bits per heavy atom. The minimum Gasteiger partial charge on any atom is -0.301 e. The van der Waals surface area contributed by atoms with Crippen molar-refractivity contribution in [3.63, 3.8) is 0 Å². The summed E-state index contributed by atoms with van der Waals surface area (Å²) < 4.78 is 0. The largest absolute Gasteiger partial charge is 0.301 e. The number of ketones is 1. The van der Waals surface area contributed by atoms with Crippen LogP contribution >= 0.6 is 0 Å². The standard InChI is InChI=1S/C13H26N2O/c1-11-10-15(9-8-14(11)5)7-6-12(16)13(2,3)4/h11H,6-10H2,1-5H3. The van der Waals surface area contributed by atoms with E-state index in [1.807, 2.05) is 20.8 Å². The Morgan fingerprint density at radius 2 is 1.94 bits per heavy atom. The summed E-state index contributed by atoms with van der Waals surface area (Å²) in [6.45, 7) is 12.5. The molecule has 3 nitrogen and oxygen atoms in total. The predicted molar refractivity (Wildman–Crippen MR) is 67.6 cm³/mol. The van der Waals surface area contributed by atoms with Gasteiger partial charge in [-0.05, 0) is 14.0 Å². The van der Waals surface area contributed by atoms with E-state index >= 15 is 0 Å². The molecule has 94 valence electrons. The molecule has 1 saturated heterocycles. The third kappa shape index (κ3) is 3.87. The molecular weight excluding hydrogens is 200 g/mol. The van der Waals surface area contributed by atoms with Crippen LogP contribution in [0.2, 0.25) is 0 Å². The third-order valence-corrected chi connectivity index (χ3v) is 3.54. The maximum Gasteiger partial charge on any atom is 0.139 e. The van der Waals surface area contributed by atoms with Crippen LogP contribution in [0.15, 0.2) is 0 Å². The van der Waals surface area contributed by atoms with Gasteiger partial charge in [0.05, 0.1) is 0 Å². The summed E-state index contributed by atoms with van der Waals surface area (Å²) in [5, 5.41) is 0. The SMILES string of the molecule is CC1CN(CCC(=O)C(C)(C)C)CCN1C. The highest BCUT2D eigenvalue weighted by Gasteiger charge is 2.24. The number of piperazine rings is 1. The van der Waals surface area contributed by atoms with Gasteiger partial charge in [-0.1, -0.05) is 20.8 Å². The molecule has 1 fully saturated rings. The molecule has 0 saturated carbocycles. The zero-order chi connectivity index (χ0) is 12.3. The highest BCUT2D eigenvalue weighted by molar-refractivity contribution is 5.83. The Bertz CT molecular complexity index is 245. The van der Waals surface area contributed by atoms with Crippen LogP contribution in [0.25, 0.3) is 0 Å². The second-order valence-electron chi connectivity index (χ2n) is 6.05. The molecule has 0 N–H and O–H groups in total. The summed E-state index contributed by atoms with van der Waals surface area (Å²) >= 11 is 0. The number of carbonyl (C=O) groups excluding carboxylic acids is 1. The Balaban J connectivity index is 2.32. The quantitative estimate of drug-likeness (QED) is 0.731. The first-order valence-electron chi connectivity index (χ1n) is 6.26. The molecule has 0 aromatic carbocycles. The first kappa shape index (κ1) is 13.7. The lowest BCUT2D eigenvalue weighted by Crippen LogP contribution is -2.50. The normalized spacial score (nSPS) is 24.7. The molecule has 1 heterocycles. The second-order valence-corrected chi connectivity index (χ2v) is 6.05. The van der Waals surface area contributed by atoms with Crippen LogP contribution < -0.4 is 0 Å². The third-order valence-electron chi connectivity index (χ3n) is 3.54. The second kappa shape index (κ2) is 5.28. The Kier molecular flexibility index (Phi) is 4.51. The van der Waals surface area contributed by atoms with Gasteiger partial charge in [0.15, 0.2) is 0 Å². The van der Waals surface area contributed by atoms with Gasteiger partial charge in [0.25, 0.3) is 0 Å². The van der Waals surface area contributed by atoms with Crippen LogP contribution in [0.1, 0.15) is 34.1 Å². The molecule has 1 rings (SSSR count). The lowest BCUT2D eigenvalue weighted by atomic mass is 9.89. The van der Waals surface area contributed by atoms with E-state index in [2.05, 4.69) is 23.8 Å². The van der Waals surface area contributed by atoms with Crippen LogP contribution in [-0.4, -0.2) is 54.9 Å². The van der Waals surface area contributed by atoms with Gasteiger partial charge in [0, 0.05) is 44.1 Å². The number of likely N-dealkylation sites (N-methyl/N-ethyl adjacent to an activating group) is 1. The fourth-order valence-corrected chi connectivity index (χ4v) is 1.96. The molecule has 0 aromatic rings. The molecular formula is C13H26N2O. The lowest BCUT2D eigenvalue weighted by Gasteiger charge is -2.37. The van der Waals surface area contributed by atoms with Gasteiger partial charge < -0.3 is 9.80 Å². The smallest absolute Gasteiger partial charge is 0.139 e. The summed E-state index contributed by atoms with van der Waals surface area (Å²) in [6.07, 6.45) is 0.694. The highest BCUT2D eigenvalue weighted by atomic mass is 16.1. The summed E-state index contributed by atoms with van der Waals surface area (Å²) in [4.78, 5) is 16.6. The first-order valence-corrected chi connectivity index (χ1v) is 6.26. The Morgan fingerprint density at radius 1 is 1.31 bits per heavy atom. The van der Waals surface area contributed by atoms with E-state index < -0.39 is 0 Å². The summed E-state index contributed by atoms with van der Waals surface area (Å²) in [5.74, 6) is 0.374. The molecule has 3 heteroatoms. The van der Waals surface area contributed by atoms with Gasteiger partial charge in [-0.2, -0.15) is 0 Å². The zero-order valence-electron chi connectivity index (χ0n) is 11.4. The van der Waals surface area contributed by atoms with Crippen molar-refractivity contribution in [3.05, 3.63) is 0 Å². The topological polar surface area (TPSA) is 23.6 Å². The summed E-state index contributed by atoms with van der Waals surface area (Å²) in [5.41, 5.74) is -0.182. The van der Waals surface area contributed by atoms with E-state index in [0.29, 0.717) is 18.2 Å². The molecule has 0 aromatic heterocycles. The fourth-order valence-electron chi connectivity index (χ4n) is 1.96. The van der Waals surface area contributed by atoms with Crippen LogP contribution in [0.5, 0.6) is 0 Å². The molecule has 1 atom stereocenters. The van der Waals surface area contributed by atoms with Crippen LogP contribution in [0, 0.1) is 5.41 Å².